The van der Waals surface area contributed by atoms with Crippen LogP contribution in [-0.2, 0) is 14.3 Å². The van der Waals surface area contributed by atoms with Crippen LogP contribution >= 0.6 is 0 Å². The van der Waals surface area contributed by atoms with E-state index in [1.165, 1.54) is 0 Å². The first-order valence-electron chi connectivity index (χ1n) is 5.76. The summed E-state index contributed by atoms with van der Waals surface area (Å²) in [4.78, 5) is 35.7. The molecule has 0 bridgehead atoms. The molecule has 20 heavy (non-hydrogen) atoms. The molecule has 0 aromatic carbocycles. The van der Waals surface area contributed by atoms with Gasteiger partial charge in [0.2, 0.25) is 11.9 Å². The van der Waals surface area contributed by atoms with Crippen molar-refractivity contribution < 1.29 is 18.7 Å². The molecule has 1 aromatic heterocycles. The van der Waals surface area contributed by atoms with E-state index in [1.807, 2.05) is 4.98 Å². The van der Waals surface area contributed by atoms with Crippen LogP contribution in [0.2, 0.25) is 0 Å². The van der Waals surface area contributed by atoms with Crippen molar-refractivity contribution in [1.82, 2.24) is 9.55 Å². The molecule has 108 valence electrons. The van der Waals surface area contributed by atoms with Gasteiger partial charge in [-0.2, -0.15) is 0 Å². The Morgan fingerprint density at radius 3 is 2.80 bits per heavy atom. The molecule has 0 aliphatic carbocycles. The molecule has 0 radical (unpaired) electrons. The number of carbonyl (C=O) groups excluding carboxylic acids is 1. The van der Waals surface area contributed by atoms with Crippen molar-refractivity contribution >= 4 is 5.97 Å². The summed E-state index contributed by atoms with van der Waals surface area (Å²) in [7, 11) is 0. The van der Waals surface area contributed by atoms with Gasteiger partial charge in [-0.1, -0.05) is 6.58 Å². The predicted octanol–water partition coefficient (Wildman–Crippen LogP) is 0.239. The van der Waals surface area contributed by atoms with E-state index in [9.17, 15) is 18.8 Å². The second-order valence-corrected chi connectivity index (χ2v) is 4.59. The molecule has 1 aromatic rings. The fourth-order valence-electron chi connectivity index (χ4n) is 2.05. The van der Waals surface area contributed by atoms with E-state index in [2.05, 4.69) is 6.58 Å². The quantitative estimate of drug-likeness (QED) is 0.786. The van der Waals surface area contributed by atoms with Crippen molar-refractivity contribution in [2.45, 2.75) is 31.8 Å². The van der Waals surface area contributed by atoms with E-state index in [1.54, 1.807) is 0 Å². The molecule has 1 N–H and O–H groups in total. The number of carbonyl (C=O) groups is 1. The fourth-order valence-corrected chi connectivity index (χ4v) is 2.05. The lowest BCUT2D eigenvalue weighted by Gasteiger charge is -2.25. The number of nitrogens with zero attached hydrogens (tertiary/aromatic N) is 1. The summed E-state index contributed by atoms with van der Waals surface area (Å²) < 4.78 is 25.7. The van der Waals surface area contributed by atoms with E-state index >= 15 is 0 Å². The zero-order chi connectivity index (χ0) is 15.1. The molecule has 0 saturated carbocycles. The van der Waals surface area contributed by atoms with Crippen LogP contribution in [0.5, 0.6) is 0 Å². The standard InChI is InChI=1S/C12H13FN2O5/c1-6-9(20-7(2)16)12(3,13)10(19-6)15-5-4-8(17)14-11(15)18/h4-5,9-10H,1H2,2-3H3,(H,14,17,18). The summed E-state index contributed by atoms with van der Waals surface area (Å²) in [6, 6.07) is 1.06. The SMILES string of the molecule is C=C1OC(n2ccc(=O)[nH]c2=O)C(C)(F)C1OC(C)=O. The molecule has 3 unspecified atom stereocenters. The Kier molecular flexibility index (Phi) is 3.24. The van der Waals surface area contributed by atoms with Gasteiger partial charge in [-0.3, -0.25) is 19.1 Å². The zero-order valence-electron chi connectivity index (χ0n) is 10.9. The molecule has 2 rings (SSSR count). The maximum absolute atomic E-state index is 14.8. The lowest BCUT2D eigenvalue weighted by Crippen LogP contribution is -2.43. The molecule has 7 nitrogen and oxygen atoms in total. The Hall–Kier alpha value is -2.38. The van der Waals surface area contributed by atoms with E-state index in [0.717, 1.165) is 30.7 Å². The van der Waals surface area contributed by atoms with E-state index < -0.39 is 35.2 Å². The van der Waals surface area contributed by atoms with Crippen LogP contribution in [0, 0.1) is 0 Å². The third-order valence-electron chi connectivity index (χ3n) is 2.94. The van der Waals surface area contributed by atoms with Crippen LogP contribution in [0.15, 0.2) is 34.2 Å². The summed E-state index contributed by atoms with van der Waals surface area (Å²) in [6.45, 7) is 5.73. The highest BCUT2D eigenvalue weighted by Gasteiger charge is 2.55. The number of ether oxygens (including phenoxy) is 2. The summed E-state index contributed by atoms with van der Waals surface area (Å²) in [5.74, 6) is -0.800. The second-order valence-electron chi connectivity index (χ2n) is 4.59. The van der Waals surface area contributed by atoms with E-state index in [4.69, 9.17) is 9.47 Å². The number of rotatable bonds is 2. The average molecular weight is 284 g/mol. The van der Waals surface area contributed by atoms with Crippen LogP contribution in [0.3, 0.4) is 0 Å². The Balaban J connectivity index is 2.44. The van der Waals surface area contributed by atoms with Gasteiger partial charge in [-0.15, -0.1) is 0 Å². The average Bonchev–Trinajstić information content (AvgIpc) is 2.52. The van der Waals surface area contributed by atoms with Crippen LogP contribution in [0.4, 0.5) is 4.39 Å². The summed E-state index contributed by atoms with van der Waals surface area (Å²) >= 11 is 0. The maximum Gasteiger partial charge on any atom is 0.331 e. The number of halogens is 1. The first-order chi connectivity index (χ1) is 9.23. The van der Waals surface area contributed by atoms with Gasteiger partial charge in [0.25, 0.3) is 5.56 Å². The number of hydrogen-bond donors (Lipinski definition) is 1. The normalized spacial score (nSPS) is 29.1. The first-order valence-corrected chi connectivity index (χ1v) is 5.76. The molecule has 0 amide bonds. The number of alkyl halides is 1. The molecule has 1 fully saturated rings. The van der Waals surface area contributed by atoms with Gasteiger partial charge in [0, 0.05) is 19.2 Å². The van der Waals surface area contributed by atoms with Crippen molar-refractivity contribution in [3.05, 3.63) is 45.4 Å². The van der Waals surface area contributed by atoms with Gasteiger partial charge in [0.05, 0.1) is 0 Å². The lowest BCUT2D eigenvalue weighted by molar-refractivity contribution is -0.151. The van der Waals surface area contributed by atoms with Gasteiger partial charge in [-0.25, -0.2) is 9.18 Å². The van der Waals surface area contributed by atoms with Gasteiger partial charge < -0.3 is 9.47 Å². The van der Waals surface area contributed by atoms with Gasteiger partial charge in [0.15, 0.2) is 6.10 Å². The fraction of sp³-hybridized carbons (Fsp3) is 0.417. The Morgan fingerprint density at radius 1 is 1.60 bits per heavy atom. The molecular formula is C12H13FN2O5. The highest BCUT2D eigenvalue weighted by molar-refractivity contribution is 5.66. The highest BCUT2D eigenvalue weighted by atomic mass is 19.1. The zero-order valence-corrected chi connectivity index (χ0v) is 10.9. The van der Waals surface area contributed by atoms with E-state index in [0.29, 0.717) is 0 Å². The Morgan fingerprint density at radius 2 is 2.25 bits per heavy atom. The van der Waals surface area contributed by atoms with Gasteiger partial charge >= 0.3 is 11.7 Å². The molecule has 2 heterocycles. The van der Waals surface area contributed by atoms with Crippen molar-refractivity contribution in [2.24, 2.45) is 0 Å². The van der Waals surface area contributed by atoms with Crippen LogP contribution < -0.4 is 11.2 Å². The van der Waals surface area contributed by atoms with Crippen molar-refractivity contribution in [2.75, 3.05) is 0 Å². The smallest absolute Gasteiger partial charge is 0.331 e. The van der Waals surface area contributed by atoms with Crippen LogP contribution in [-0.4, -0.2) is 27.3 Å². The minimum absolute atomic E-state index is 0.103. The predicted molar refractivity (Wildman–Crippen MR) is 65.7 cm³/mol. The minimum atomic E-state index is -2.20. The number of aromatic amines is 1. The summed E-state index contributed by atoms with van der Waals surface area (Å²) in [5.41, 5.74) is -3.65. The number of nitrogens with one attached hydrogen (secondary N) is 1. The maximum atomic E-state index is 14.8. The lowest BCUT2D eigenvalue weighted by atomic mass is 10.0. The Labute approximate surface area is 112 Å². The van der Waals surface area contributed by atoms with Crippen LogP contribution in [0.1, 0.15) is 20.1 Å². The summed E-state index contributed by atoms with van der Waals surface area (Å²) in [5, 5.41) is 0. The second kappa shape index (κ2) is 4.62. The molecule has 8 heteroatoms. The topological polar surface area (TPSA) is 90.4 Å². The van der Waals surface area contributed by atoms with Crippen molar-refractivity contribution in [3.63, 3.8) is 0 Å². The molecular weight excluding hydrogens is 271 g/mol. The van der Waals surface area contributed by atoms with Crippen molar-refractivity contribution in [1.29, 1.82) is 0 Å². The monoisotopic (exact) mass is 284 g/mol. The van der Waals surface area contributed by atoms with Crippen molar-refractivity contribution in [3.8, 4) is 0 Å². The largest absolute Gasteiger partial charge is 0.467 e. The number of esters is 1. The molecule has 1 aliphatic heterocycles. The molecule has 1 saturated heterocycles. The highest BCUT2D eigenvalue weighted by Crippen LogP contribution is 2.43. The van der Waals surface area contributed by atoms with E-state index in [-0.39, 0.29) is 5.76 Å². The number of aromatic nitrogens is 2. The number of H-pyrrole nitrogens is 1. The Bertz CT molecular complexity index is 675. The summed E-state index contributed by atoms with van der Waals surface area (Å²) in [6.07, 6.45) is -1.61. The molecule has 1 aliphatic rings. The third-order valence-corrected chi connectivity index (χ3v) is 2.94. The molecule has 3 atom stereocenters. The number of hydrogen-bond acceptors (Lipinski definition) is 5. The minimum Gasteiger partial charge on any atom is -0.467 e. The van der Waals surface area contributed by atoms with Crippen LogP contribution in [0.25, 0.3) is 0 Å². The third kappa shape index (κ3) is 2.24. The van der Waals surface area contributed by atoms with Gasteiger partial charge in [-0.05, 0) is 6.92 Å². The van der Waals surface area contributed by atoms with Gasteiger partial charge in [0.1, 0.15) is 5.76 Å². The molecule has 0 spiro atoms. The first kappa shape index (κ1) is 14.0.